The summed E-state index contributed by atoms with van der Waals surface area (Å²) in [4.78, 5) is 0. The van der Waals surface area contributed by atoms with Crippen molar-refractivity contribution in [2.75, 3.05) is 6.54 Å². The smallest absolute Gasteiger partial charge is 0.00722 e. The van der Waals surface area contributed by atoms with Gasteiger partial charge in [-0.25, -0.2) is 0 Å². The minimum atomic E-state index is 0.785. The maximum Gasteiger partial charge on any atom is 0.00722 e. The highest BCUT2D eigenvalue weighted by Crippen LogP contribution is 2.29. The van der Waals surface area contributed by atoms with Crippen molar-refractivity contribution in [3.63, 3.8) is 0 Å². The van der Waals surface area contributed by atoms with Gasteiger partial charge in [-0.3, -0.25) is 0 Å². The number of nitrogens with one attached hydrogen (secondary N) is 1. The van der Waals surface area contributed by atoms with Crippen LogP contribution in [0.4, 0.5) is 0 Å². The lowest BCUT2D eigenvalue weighted by Gasteiger charge is -2.29. The molecule has 0 heterocycles. The van der Waals surface area contributed by atoms with Gasteiger partial charge in [-0.2, -0.15) is 0 Å². The monoisotopic (exact) mass is 239 g/mol. The molecule has 1 rings (SSSR count). The van der Waals surface area contributed by atoms with Gasteiger partial charge in [0.15, 0.2) is 0 Å². The molecule has 0 amide bonds. The SMILES string of the molecule is CCNC(CC(CC)CC)CC1CCCCC1. The van der Waals surface area contributed by atoms with Gasteiger partial charge >= 0.3 is 0 Å². The minimum Gasteiger partial charge on any atom is -0.314 e. The largest absolute Gasteiger partial charge is 0.314 e. The van der Waals surface area contributed by atoms with E-state index in [1.165, 1.54) is 57.8 Å². The Morgan fingerprint density at radius 1 is 1.00 bits per heavy atom. The molecule has 1 heteroatoms. The van der Waals surface area contributed by atoms with Crippen LogP contribution in [0.5, 0.6) is 0 Å². The Morgan fingerprint density at radius 2 is 1.65 bits per heavy atom. The second-order valence-corrected chi connectivity index (χ2v) is 5.91. The van der Waals surface area contributed by atoms with Crippen LogP contribution in [-0.4, -0.2) is 12.6 Å². The third-order valence-corrected chi connectivity index (χ3v) is 4.61. The Hall–Kier alpha value is -0.0400. The molecule has 1 aliphatic carbocycles. The second kappa shape index (κ2) is 8.97. The van der Waals surface area contributed by atoms with Gasteiger partial charge in [0, 0.05) is 6.04 Å². The Balaban J connectivity index is 2.35. The van der Waals surface area contributed by atoms with Crippen LogP contribution in [0.1, 0.15) is 78.6 Å². The van der Waals surface area contributed by atoms with E-state index >= 15 is 0 Å². The molecule has 102 valence electrons. The van der Waals surface area contributed by atoms with Crippen LogP contribution >= 0.6 is 0 Å². The van der Waals surface area contributed by atoms with Crippen molar-refractivity contribution in [3.05, 3.63) is 0 Å². The fourth-order valence-corrected chi connectivity index (χ4v) is 3.40. The van der Waals surface area contributed by atoms with E-state index < -0.39 is 0 Å². The summed E-state index contributed by atoms with van der Waals surface area (Å²) in [5, 5.41) is 3.73. The average molecular weight is 239 g/mol. The summed E-state index contributed by atoms with van der Waals surface area (Å²) < 4.78 is 0. The molecule has 1 aliphatic rings. The Morgan fingerprint density at radius 3 is 2.18 bits per heavy atom. The van der Waals surface area contributed by atoms with Gasteiger partial charge in [-0.1, -0.05) is 65.7 Å². The third kappa shape index (κ3) is 5.90. The van der Waals surface area contributed by atoms with Gasteiger partial charge in [0.2, 0.25) is 0 Å². The summed E-state index contributed by atoms with van der Waals surface area (Å²) in [7, 11) is 0. The van der Waals surface area contributed by atoms with E-state index in [0.717, 1.165) is 24.4 Å². The zero-order valence-corrected chi connectivity index (χ0v) is 12.3. The molecule has 0 spiro atoms. The van der Waals surface area contributed by atoms with Gasteiger partial charge < -0.3 is 5.32 Å². The van der Waals surface area contributed by atoms with Gasteiger partial charge in [0.1, 0.15) is 0 Å². The van der Waals surface area contributed by atoms with Crippen LogP contribution in [-0.2, 0) is 0 Å². The predicted molar refractivity (Wildman–Crippen MR) is 77.3 cm³/mol. The van der Waals surface area contributed by atoms with E-state index in [4.69, 9.17) is 0 Å². The van der Waals surface area contributed by atoms with Crippen LogP contribution in [0.25, 0.3) is 0 Å². The third-order valence-electron chi connectivity index (χ3n) is 4.61. The summed E-state index contributed by atoms with van der Waals surface area (Å²) in [6, 6.07) is 0.785. The van der Waals surface area contributed by atoms with E-state index in [1.807, 2.05) is 0 Å². The molecule has 0 aliphatic heterocycles. The Bertz CT molecular complexity index is 168. The molecule has 1 atom stereocenters. The van der Waals surface area contributed by atoms with Crippen molar-refractivity contribution in [1.29, 1.82) is 0 Å². The van der Waals surface area contributed by atoms with E-state index in [-0.39, 0.29) is 0 Å². The average Bonchev–Trinajstić information content (AvgIpc) is 2.37. The molecule has 0 saturated heterocycles. The molecule has 0 radical (unpaired) electrons. The van der Waals surface area contributed by atoms with Gasteiger partial charge in [0.25, 0.3) is 0 Å². The van der Waals surface area contributed by atoms with Crippen molar-refractivity contribution in [2.24, 2.45) is 11.8 Å². The molecule has 0 aromatic heterocycles. The lowest BCUT2D eigenvalue weighted by Crippen LogP contribution is -2.33. The molecule has 0 bridgehead atoms. The maximum atomic E-state index is 3.73. The molecule has 1 N–H and O–H groups in total. The first-order valence-electron chi connectivity index (χ1n) is 8.03. The Kier molecular flexibility index (Phi) is 7.92. The van der Waals surface area contributed by atoms with E-state index in [1.54, 1.807) is 0 Å². The molecule has 1 unspecified atom stereocenters. The zero-order valence-electron chi connectivity index (χ0n) is 12.3. The molecular weight excluding hydrogens is 206 g/mol. The summed E-state index contributed by atoms with van der Waals surface area (Å²) >= 11 is 0. The standard InChI is InChI=1S/C16H33N/c1-4-14(5-2)12-16(17-6-3)13-15-10-8-7-9-11-15/h14-17H,4-13H2,1-3H3. The fraction of sp³-hybridized carbons (Fsp3) is 1.00. The van der Waals surface area contributed by atoms with Crippen LogP contribution < -0.4 is 5.32 Å². The molecule has 1 nitrogen and oxygen atoms in total. The quantitative estimate of drug-likeness (QED) is 0.644. The van der Waals surface area contributed by atoms with Crippen molar-refractivity contribution < 1.29 is 0 Å². The van der Waals surface area contributed by atoms with Gasteiger partial charge in [-0.15, -0.1) is 0 Å². The van der Waals surface area contributed by atoms with Crippen molar-refractivity contribution >= 4 is 0 Å². The highest BCUT2D eigenvalue weighted by atomic mass is 14.9. The zero-order chi connectivity index (χ0) is 12.5. The number of rotatable bonds is 8. The van der Waals surface area contributed by atoms with Crippen LogP contribution in [0.15, 0.2) is 0 Å². The summed E-state index contributed by atoms with van der Waals surface area (Å²) in [6.45, 7) is 8.08. The molecule has 0 aromatic rings. The van der Waals surface area contributed by atoms with Crippen molar-refractivity contribution in [2.45, 2.75) is 84.6 Å². The molecule has 1 saturated carbocycles. The molecule has 1 fully saturated rings. The highest BCUT2D eigenvalue weighted by molar-refractivity contribution is 4.76. The van der Waals surface area contributed by atoms with E-state index in [2.05, 4.69) is 26.1 Å². The normalized spacial score (nSPS) is 19.8. The summed E-state index contributed by atoms with van der Waals surface area (Å²) in [5.41, 5.74) is 0. The maximum absolute atomic E-state index is 3.73. The van der Waals surface area contributed by atoms with E-state index in [9.17, 15) is 0 Å². The summed E-state index contributed by atoms with van der Waals surface area (Å²) in [6.07, 6.45) is 13.0. The Labute approximate surface area is 109 Å². The topological polar surface area (TPSA) is 12.0 Å². The van der Waals surface area contributed by atoms with Crippen molar-refractivity contribution in [1.82, 2.24) is 5.32 Å². The van der Waals surface area contributed by atoms with E-state index in [0.29, 0.717) is 0 Å². The first-order chi connectivity index (χ1) is 8.30. The second-order valence-electron chi connectivity index (χ2n) is 5.91. The minimum absolute atomic E-state index is 0.785. The summed E-state index contributed by atoms with van der Waals surface area (Å²) in [5.74, 6) is 1.95. The van der Waals surface area contributed by atoms with Crippen LogP contribution in [0, 0.1) is 11.8 Å². The molecule has 17 heavy (non-hydrogen) atoms. The van der Waals surface area contributed by atoms with Crippen LogP contribution in [0.3, 0.4) is 0 Å². The first kappa shape index (κ1) is 15.0. The molecular formula is C16H33N. The lowest BCUT2D eigenvalue weighted by molar-refractivity contribution is 0.268. The van der Waals surface area contributed by atoms with Gasteiger partial charge in [0.05, 0.1) is 0 Å². The predicted octanol–water partition coefficient (Wildman–Crippen LogP) is 4.76. The molecule has 0 aromatic carbocycles. The lowest BCUT2D eigenvalue weighted by atomic mass is 9.82. The number of hydrogen-bond donors (Lipinski definition) is 1. The van der Waals surface area contributed by atoms with Crippen LogP contribution in [0.2, 0.25) is 0 Å². The first-order valence-corrected chi connectivity index (χ1v) is 8.03. The van der Waals surface area contributed by atoms with Gasteiger partial charge in [-0.05, 0) is 31.2 Å². The number of hydrogen-bond acceptors (Lipinski definition) is 1. The van der Waals surface area contributed by atoms with Crippen molar-refractivity contribution in [3.8, 4) is 0 Å². The fourth-order valence-electron chi connectivity index (χ4n) is 3.40. The highest BCUT2D eigenvalue weighted by Gasteiger charge is 2.20.